The van der Waals surface area contributed by atoms with Crippen molar-refractivity contribution in [3.63, 3.8) is 0 Å². The van der Waals surface area contributed by atoms with Crippen LogP contribution in [0.2, 0.25) is 0 Å². The van der Waals surface area contributed by atoms with E-state index >= 15 is 0 Å². The number of benzene rings is 1. The standard InChI is InChI=1S/C18H23FN4OS.ClH/c1-13(12-25-15-5-3-14(19)4-6-15)18(24)23-10-7-20-11-16(23)17-21-8-9-22(17)2;/h3-6,8-9,13,16,20H,7,10-12H2,1-2H3;1H. The third kappa shape index (κ3) is 4.78. The van der Waals surface area contributed by atoms with E-state index in [4.69, 9.17) is 0 Å². The van der Waals surface area contributed by atoms with Crippen LogP contribution in [0.15, 0.2) is 41.6 Å². The third-order valence-electron chi connectivity index (χ3n) is 4.42. The number of rotatable bonds is 5. The van der Waals surface area contributed by atoms with Gasteiger partial charge < -0.3 is 14.8 Å². The number of imidazole rings is 1. The predicted octanol–water partition coefficient (Wildman–Crippen LogP) is 2.88. The van der Waals surface area contributed by atoms with Crippen LogP contribution in [0.4, 0.5) is 4.39 Å². The summed E-state index contributed by atoms with van der Waals surface area (Å²) in [5, 5.41) is 3.35. The van der Waals surface area contributed by atoms with Gasteiger partial charge in [-0.2, -0.15) is 0 Å². The number of nitrogens with zero attached hydrogens (tertiary/aromatic N) is 3. The molecule has 0 radical (unpaired) electrons. The minimum Gasteiger partial charge on any atom is -0.336 e. The van der Waals surface area contributed by atoms with Crippen molar-refractivity contribution in [1.29, 1.82) is 0 Å². The van der Waals surface area contributed by atoms with E-state index in [1.54, 1.807) is 30.1 Å². The second-order valence-electron chi connectivity index (χ2n) is 6.31. The lowest BCUT2D eigenvalue weighted by molar-refractivity contribution is -0.137. The van der Waals surface area contributed by atoms with Crippen LogP contribution in [0.1, 0.15) is 18.8 Å². The van der Waals surface area contributed by atoms with E-state index in [2.05, 4.69) is 10.3 Å². The van der Waals surface area contributed by atoms with Crippen LogP contribution in [0.3, 0.4) is 0 Å². The Bertz CT molecular complexity index is 724. The summed E-state index contributed by atoms with van der Waals surface area (Å²) in [6, 6.07) is 6.35. The van der Waals surface area contributed by atoms with Crippen molar-refractivity contribution < 1.29 is 9.18 Å². The van der Waals surface area contributed by atoms with Gasteiger partial charge >= 0.3 is 0 Å². The van der Waals surface area contributed by atoms with Crippen molar-refractivity contribution in [1.82, 2.24) is 19.8 Å². The van der Waals surface area contributed by atoms with Crippen molar-refractivity contribution in [2.45, 2.75) is 17.9 Å². The van der Waals surface area contributed by atoms with E-state index in [0.717, 1.165) is 17.3 Å². The van der Waals surface area contributed by atoms with E-state index in [1.807, 2.05) is 29.6 Å². The smallest absolute Gasteiger partial charge is 0.226 e. The molecule has 0 spiro atoms. The highest BCUT2D eigenvalue weighted by Gasteiger charge is 2.32. The van der Waals surface area contributed by atoms with Gasteiger partial charge in [-0.05, 0) is 24.3 Å². The number of amides is 1. The molecule has 0 aliphatic carbocycles. The van der Waals surface area contributed by atoms with Gasteiger partial charge in [0.25, 0.3) is 0 Å². The number of aryl methyl sites for hydroxylation is 1. The number of carbonyl (C=O) groups excluding carboxylic acids is 1. The van der Waals surface area contributed by atoms with Gasteiger partial charge in [-0.3, -0.25) is 4.79 Å². The van der Waals surface area contributed by atoms with Gasteiger partial charge in [0, 0.05) is 55.6 Å². The molecule has 1 saturated heterocycles. The number of carbonyl (C=O) groups is 1. The highest BCUT2D eigenvalue weighted by Crippen LogP contribution is 2.26. The number of hydrogen-bond donors (Lipinski definition) is 1. The van der Waals surface area contributed by atoms with E-state index in [1.165, 1.54) is 12.1 Å². The van der Waals surface area contributed by atoms with Crippen LogP contribution in [0.5, 0.6) is 0 Å². The first-order valence-electron chi connectivity index (χ1n) is 8.43. The average molecular weight is 399 g/mol. The lowest BCUT2D eigenvalue weighted by Crippen LogP contribution is -2.51. The summed E-state index contributed by atoms with van der Waals surface area (Å²) in [7, 11) is 1.95. The molecule has 1 aliphatic rings. The summed E-state index contributed by atoms with van der Waals surface area (Å²) in [6.07, 6.45) is 3.67. The summed E-state index contributed by atoms with van der Waals surface area (Å²) in [5.41, 5.74) is 0. The largest absolute Gasteiger partial charge is 0.336 e. The first-order chi connectivity index (χ1) is 12.1. The van der Waals surface area contributed by atoms with E-state index in [0.29, 0.717) is 18.8 Å². The molecule has 1 aromatic heterocycles. The second kappa shape index (κ2) is 9.39. The highest BCUT2D eigenvalue weighted by atomic mass is 35.5. The Kier molecular flexibility index (Phi) is 7.49. The maximum absolute atomic E-state index is 13.0. The van der Waals surface area contributed by atoms with Crippen LogP contribution in [-0.4, -0.2) is 45.7 Å². The normalized spacial score (nSPS) is 18.3. The molecule has 1 fully saturated rings. The van der Waals surface area contributed by atoms with E-state index in [-0.39, 0.29) is 36.1 Å². The van der Waals surface area contributed by atoms with Crippen molar-refractivity contribution in [2.24, 2.45) is 13.0 Å². The fraction of sp³-hybridized carbons (Fsp3) is 0.444. The zero-order chi connectivity index (χ0) is 17.8. The number of hydrogen-bond acceptors (Lipinski definition) is 4. The van der Waals surface area contributed by atoms with Crippen LogP contribution in [0, 0.1) is 11.7 Å². The maximum Gasteiger partial charge on any atom is 0.226 e. The molecule has 0 bridgehead atoms. The maximum atomic E-state index is 13.0. The van der Waals surface area contributed by atoms with Gasteiger partial charge in [0.15, 0.2) is 0 Å². The molecule has 5 nitrogen and oxygen atoms in total. The Morgan fingerprint density at radius 1 is 1.42 bits per heavy atom. The summed E-state index contributed by atoms with van der Waals surface area (Å²) < 4.78 is 15.0. The molecule has 26 heavy (non-hydrogen) atoms. The van der Waals surface area contributed by atoms with Crippen LogP contribution in [-0.2, 0) is 11.8 Å². The zero-order valence-electron chi connectivity index (χ0n) is 14.9. The van der Waals surface area contributed by atoms with E-state index in [9.17, 15) is 9.18 Å². The van der Waals surface area contributed by atoms with Crippen LogP contribution >= 0.6 is 24.2 Å². The Balaban J connectivity index is 0.00000243. The summed E-state index contributed by atoms with van der Waals surface area (Å²) in [4.78, 5) is 20.3. The van der Waals surface area contributed by atoms with Gasteiger partial charge in [-0.1, -0.05) is 6.92 Å². The molecular formula is C18H24ClFN4OS. The molecule has 2 heterocycles. The number of aromatic nitrogens is 2. The SMILES string of the molecule is CC(CSc1ccc(F)cc1)C(=O)N1CCNCC1c1nccn1C.Cl. The summed E-state index contributed by atoms with van der Waals surface area (Å²) >= 11 is 1.58. The van der Waals surface area contributed by atoms with E-state index < -0.39 is 0 Å². The number of thioether (sulfide) groups is 1. The number of nitrogens with one attached hydrogen (secondary N) is 1. The monoisotopic (exact) mass is 398 g/mol. The molecule has 0 saturated carbocycles. The number of piperazine rings is 1. The Labute approximate surface area is 163 Å². The lowest BCUT2D eigenvalue weighted by Gasteiger charge is -2.37. The lowest BCUT2D eigenvalue weighted by atomic mass is 10.1. The van der Waals surface area contributed by atoms with Crippen molar-refractivity contribution in [2.75, 3.05) is 25.4 Å². The molecule has 2 atom stereocenters. The Hall–Kier alpha value is -1.57. The van der Waals surface area contributed by atoms with Gasteiger partial charge in [0.05, 0.1) is 0 Å². The topological polar surface area (TPSA) is 50.2 Å². The third-order valence-corrected chi connectivity index (χ3v) is 5.69. The van der Waals surface area contributed by atoms with Gasteiger partial charge in [-0.25, -0.2) is 9.37 Å². The summed E-state index contributed by atoms with van der Waals surface area (Å²) in [5.74, 6) is 1.35. The second-order valence-corrected chi connectivity index (χ2v) is 7.41. The minimum atomic E-state index is -0.243. The Morgan fingerprint density at radius 3 is 2.81 bits per heavy atom. The first-order valence-corrected chi connectivity index (χ1v) is 9.41. The molecule has 2 unspecified atom stereocenters. The minimum absolute atomic E-state index is 0. The van der Waals surface area contributed by atoms with Crippen molar-refractivity contribution in [3.05, 3.63) is 48.3 Å². The average Bonchev–Trinajstić information content (AvgIpc) is 3.06. The fourth-order valence-corrected chi connectivity index (χ4v) is 3.92. The van der Waals surface area contributed by atoms with Gasteiger partial charge in [-0.15, -0.1) is 24.2 Å². The molecule has 142 valence electrons. The molecule has 1 aromatic carbocycles. The molecule has 1 N–H and O–H groups in total. The Morgan fingerprint density at radius 2 is 2.15 bits per heavy atom. The zero-order valence-corrected chi connectivity index (χ0v) is 16.5. The van der Waals surface area contributed by atoms with Crippen molar-refractivity contribution in [3.8, 4) is 0 Å². The molecule has 2 aromatic rings. The van der Waals surface area contributed by atoms with Gasteiger partial charge in [0.2, 0.25) is 5.91 Å². The van der Waals surface area contributed by atoms with Crippen LogP contribution in [0.25, 0.3) is 0 Å². The first kappa shape index (κ1) is 20.7. The van der Waals surface area contributed by atoms with Crippen molar-refractivity contribution >= 4 is 30.1 Å². The van der Waals surface area contributed by atoms with Gasteiger partial charge in [0.1, 0.15) is 17.7 Å². The quantitative estimate of drug-likeness (QED) is 0.787. The number of halogens is 2. The highest BCUT2D eigenvalue weighted by molar-refractivity contribution is 7.99. The molecule has 1 amide bonds. The van der Waals surface area contributed by atoms with Crippen LogP contribution < -0.4 is 5.32 Å². The predicted molar refractivity (Wildman–Crippen MR) is 104 cm³/mol. The molecule has 8 heteroatoms. The molecule has 1 aliphatic heterocycles. The fourth-order valence-electron chi connectivity index (χ4n) is 3.00. The molecule has 3 rings (SSSR count). The summed E-state index contributed by atoms with van der Waals surface area (Å²) in [6.45, 7) is 4.15. The molecular weight excluding hydrogens is 375 g/mol.